The smallest absolute Gasteiger partial charge is 0.191 e. The van der Waals surface area contributed by atoms with Crippen LogP contribution in [0.2, 0.25) is 0 Å². The van der Waals surface area contributed by atoms with E-state index in [1.165, 1.54) is 5.56 Å². The zero-order valence-corrected chi connectivity index (χ0v) is 14.0. The van der Waals surface area contributed by atoms with Crippen LogP contribution in [0.25, 0.3) is 0 Å². The molecule has 0 radical (unpaired) electrons. The van der Waals surface area contributed by atoms with Crippen molar-refractivity contribution in [2.75, 3.05) is 40.0 Å². The van der Waals surface area contributed by atoms with Crippen molar-refractivity contribution in [3.63, 3.8) is 0 Å². The van der Waals surface area contributed by atoms with Crippen molar-refractivity contribution in [2.45, 2.75) is 26.7 Å². The second-order valence-electron chi connectivity index (χ2n) is 4.84. The summed E-state index contributed by atoms with van der Waals surface area (Å²) in [5, 5.41) is 6.61. The third-order valence-corrected chi connectivity index (χ3v) is 3.11. The summed E-state index contributed by atoms with van der Waals surface area (Å²) in [4.78, 5) is 4.54. The lowest BCUT2D eigenvalue weighted by Crippen LogP contribution is -2.38. The van der Waals surface area contributed by atoms with Crippen molar-refractivity contribution in [3.05, 3.63) is 29.8 Å². The Morgan fingerprint density at radius 1 is 1.23 bits per heavy atom. The number of ether oxygens (including phenoxy) is 2. The van der Waals surface area contributed by atoms with Crippen LogP contribution in [0.5, 0.6) is 5.75 Å². The van der Waals surface area contributed by atoms with Crippen LogP contribution in [0.15, 0.2) is 29.3 Å². The molecule has 0 aliphatic rings. The molecule has 0 aliphatic heterocycles. The summed E-state index contributed by atoms with van der Waals surface area (Å²) in [6.07, 6.45) is 1.88. The SMILES string of the molecule is CCNC(=NCCCOCC)NCCc1cccc(OC)c1. The topological polar surface area (TPSA) is 54.9 Å². The van der Waals surface area contributed by atoms with Gasteiger partial charge in [0.05, 0.1) is 7.11 Å². The van der Waals surface area contributed by atoms with Gasteiger partial charge in [-0.05, 0) is 44.4 Å². The van der Waals surface area contributed by atoms with Gasteiger partial charge in [0, 0.05) is 32.8 Å². The normalized spacial score (nSPS) is 11.3. The molecule has 0 fully saturated rings. The molecule has 0 atom stereocenters. The number of aliphatic imine (C=N–C) groups is 1. The molecule has 2 N–H and O–H groups in total. The summed E-state index contributed by atoms with van der Waals surface area (Å²) < 4.78 is 10.6. The van der Waals surface area contributed by atoms with Crippen LogP contribution < -0.4 is 15.4 Å². The molecule has 0 heterocycles. The first kappa shape index (κ1) is 18.3. The van der Waals surface area contributed by atoms with Crippen molar-refractivity contribution in [1.82, 2.24) is 10.6 Å². The predicted octanol–water partition coefficient (Wildman–Crippen LogP) is 2.22. The minimum atomic E-state index is 0.766. The van der Waals surface area contributed by atoms with Crippen molar-refractivity contribution in [2.24, 2.45) is 4.99 Å². The van der Waals surface area contributed by atoms with E-state index in [9.17, 15) is 0 Å². The minimum Gasteiger partial charge on any atom is -0.497 e. The number of hydrogen-bond acceptors (Lipinski definition) is 3. The van der Waals surface area contributed by atoms with Crippen LogP contribution in [0.3, 0.4) is 0 Å². The lowest BCUT2D eigenvalue weighted by atomic mass is 10.1. The van der Waals surface area contributed by atoms with Crippen molar-refractivity contribution in [1.29, 1.82) is 0 Å². The summed E-state index contributed by atoms with van der Waals surface area (Å²) >= 11 is 0. The number of hydrogen-bond donors (Lipinski definition) is 2. The fraction of sp³-hybridized carbons (Fsp3) is 0.588. The predicted molar refractivity (Wildman–Crippen MR) is 91.8 cm³/mol. The Morgan fingerprint density at radius 2 is 2.09 bits per heavy atom. The van der Waals surface area contributed by atoms with Gasteiger partial charge >= 0.3 is 0 Å². The van der Waals surface area contributed by atoms with Crippen molar-refractivity contribution in [3.8, 4) is 5.75 Å². The molecular formula is C17H29N3O2. The fourth-order valence-corrected chi connectivity index (χ4v) is 2.00. The summed E-state index contributed by atoms with van der Waals surface area (Å²) in [5.41, 5.74) is 1.25. The van der Waals surface area contributed by atoms with E-state index in [2.05, 4.69) is 34.7 Å². The van der Waals surface area contributed by atoms with Gasteiger partial charge in [0.2, 0.25) is 0 Å². The monoisotopic (exact) mass is 307 g/mol. The lowest BCUT2D eigenvalue weighted by molar-refractivity contribution is 0.146. The van der Waals surface area contributed by atoms with Gasteiger partial charge in [-0.2, -0.15) is 0 Å². The van der Waals surface area contributed by atoms with Gasteiger partial charge in [-0.1, -0.05) is 12.1 Å². The van der Waals surface area contributed by atoms with Crippen LogP contribution in [0.4, 0.5) is 0 Å². The molecule has 0 unspecified atom stereocenters. The number of nitrogens with one attached hydrogen (secondary N) is 2. The summed E-state index contributed by atoms with van der Waals surface area (Å²) in [6, 6.07) is 8.15. The Bertz CT molecular complexity index is 436. The van der Waals surface area contributed by atoms with Gasteiger partial charge < -0.3 is 20.1 Å². The first-order valence-electron chi connectivity index (χ1n) is 8.03. The quantitative estimate of drug-likeness (QED) is 0.395. The summed E-state index contributed by atoms with van der Waals surface area (Å²) in [7, 11) is 1.69. The number of rotatable bonds is 10. The third kappa shape index (κ3) is 7.88. The van der Waals surface area contributed by atoms with Crippen LogP contribution in [-0.2, 0) is 11.2 Å². The molecule has 1 aromatic carbocycles. The van der Waals surface area contributed by atoms with Gasteiger partial charge in [-0.15, -0.1) is 0 Å². The zero-order valence-electron chi connectivity index (χ0n) is 14.0. The largest absolute Gasteiger partial charge is 0.497 e. The molecule has 1 aromatic rings. The molecule has 0 saturated carbocycles. The molecule has 0 bridgehead atoms. The molecule has 22 heavy (non-hydrogen) atoms. The molecule has 0 saturated heterocycles. The molecule has 1 rings (SSSR count). The standard InChI is InChI=1S/C17H29N3O2/c1-4-18-17(19-11-7-13-22-5-2)20-12-10-15-8-6-9-16(14-15)21-3/h6,8-9,14H,4-5,7,10-13H2,1-3H3,(H2,18,19,20). The van der Waals surface area contributed by atoms with Crippen LogP contribution in [0.1, 0.15) is 25.8 Å². The van der Waals surface area contributed by atoms with Gasteiger partial charge in [-0.3, -0.25) is 4.99 Å². The van der Waals surface area contributed by atoms with E-state index in [0.29, 0.717) is 0 Å². The Kier molecular flexibility index (Phi) is 9.87. The summed E-state index contributed by atoms with van der Waals surface area (Å²) in [5.74, 6) is 1.76. The van der Waals surface area contributed by atoms with E-state index < -0.39 is 0 Å². The highest BCUT2D eigenvalue weighted by atomic mass is 16.5. The van der Waals surface area contributed by atoms with Gasteiger partial charge in [0.15, 0.2) is 5.96 Å². The Morgan fingerprint density at radius 3 is 2.82 bits per heavy atom. The van der Waals surface area contributed by atoms with Crippen LogP contribution in [0, 0.1) is 0 Å². The van der Waals surface area contributed by atoms with Gasteiger partial charge in [-0.25, -0.2) is 0 Å². The molecular weight excluding hydrogens is 278 g/mol. The van der Waals surface area contributed by atoms with Gasteiger partial charge in [0.25, 0.3) is 0 Å². The average Bonchev–Trinajstić information content (AvgIpc) is 2.55. The second kappa shape index (κ2) is 11.9. The first-order chi connectivity index (χ1) is 10.8. The Balaban J connectivity index is 2.34. The first-order valence-corrected chi connectivity index (χ1v) is 8.03. The van der Waals surface area contributed by atoms with Crippen molar-refractivity contribution >= 4 is 5.96 Å². The minimum absolute atomic E-state index is 0.766. The molecule has 0 aromatic heterocycles. The van der Waals surface area contributed by atoms with E-state index in [-0.39, 0.29) is 0 Å². The molecule has 5 heteroatoms. The third-order valence-electron chi connectivity index (χ3n) is 3.11. The van der Waals surface area contributed by atoms with E-state index in [0.717, 1.165) is 57.4 Å². The van der Waals surface area contributed by atoms with E-state index >= 15 is 0 Å². The Hall–Kier alpha value is -1.75. The van der Waals surface area contributed by atoms with E-state index in [4.69, 9.17) is 9.47 Å². The van der Waals surface area contributed by atoms with E-state index in [1.54, 1.807) is 7.11 Å². The van der Waals surface area contributed by atoms with Crippen molar-refractivity contribution < 1.29 is 9.47 Å². The molecule has 0 aliphatic carbocycles. The van der Waals surface area contributed by atoms with E-state index in [1.807, 2.05) is 19.1 Å². The molecule has 124 valence electrons. The summed E-state index contributed by atoms with van der Waals surface area (Å²) in [6.45, 7) is 8.08. The number of guanidine groups is 1. The average molecular weight is 307 g/mol. The number of nitrogens with zero attached hydrogens (tertiary/aromatic N) is 1. The number of methoxy groups -OCH3 is 1. The molecule has 0 spiro atoms. The number of benzene rings is 1. The maximum atomic E-state index is 5.31. The highest BCUT2D eigenvalue weighted by Crippen LogP contribution is 2.12. The van der Waals surface area contributed by atoms with Crippen LogP contribution in [-0.4, -0.2) is 45.9 Å². The highest BCUT2D eigenvalue weighted by Gasteiger charge is 1.99. The second-order valence-corrected chi connectivity index (χ2v) is 4.84. The van der Waals surface area contributed by atoms with Gasteiger partial charge in [0.1, 0.15) is 5.75 Å². The maximum absolute atomic E-state index is 5.31. The van der Waals surface area contributed by atoms with Crippen LogP contribution >= 0.6 is 0 Å². The fourth-order valence-electron chi connectivity index (χ4n) is 2.00. The zero-order chi connectivity index (χ0) is 16.0. The highest BCUT2D eigenvalue weighted by molar-refractivity contribution is 5.79. The molecule has 5 nitrogen and oxygen atoms in total. The lowest BCUT2D eigenvalue weighted by Gasteiger charge is -2.11. The Labute approximate surface area is 134 Å². The maximum Gasteiger partial charge on any atom is 0.191 e. The molecule has 0 amide bonds.